The monoisotopic (exact) mass is 303 g/mol. The number of carboxylic acids is 1. The third-order valence-corrected chi connectivity index (χ3v) is 3.32. The molecule has 0 radical (unpaired) electrons. The van der Waals surface area contributed by atoms with Crippen molar-refractivity contribution >= 4 is 11.9 Å². The molecule has 0 fully saturated rings. The summed E-state index contributed by atoms with van der Waals surface area (Å²) in [6.45, 7) is -0.804. The molecule has 2 rings (SSSR count). The summed E-state index contributed by atoms with van der Waals surface area (Å²) in [7, 11) is 1.39. The summed E-state index contributed by atoms with van der Waals surface area (Å²) in [5.41, 5.74) is 0.736. The van der Waals surface area contributed by atoms with Crippen molar-refractivity contribution in [3.63, 3.8) is 0 Å². The van der Waals surface area contributed by atoms with E-state index >= 15 is 0 Å². The third-order valence-electron chi connectivity index (χ3n) is 3.32. The van der Waals surface area contributed by atoms with Crippen LogP contribution in [0.5, 0.6) is 5.75 Å². The van der Waals surface area contributed by atoms with E-state index in [-0.39, 0.29) is 6.54 Å². The lowest BCUT2D eigenvalue weighted by atomic mass is 9.89. The fourth-order valence-corrected chi connectivity index (χ4v) is 2.32. The van der Waals surface area contributed by atoms with Gasteiger partial charge in [0.1, 0.15) is 5.75 Å². The summed E-state index contributed by atoms with van der Waals surface area (Å²) in [4.78, 5) is 23.1. The van der Waals surface area contributed by atoms with Crippen LogP contribution in [-0.4, -0.2) is 41.7 Å². The fraction of sp³-hybridized carbons (Fsp3) is 0.385. The first-order chi connectivity index (χ1) is 9.74. The molecule has 21 heavy (non-hydrogen) atoms. The van der Waals surface area contributed by atoms with Gasteiger partial charge < -0.3 is 14.7 Å². The number of rotatable bonds is 2. The lowest BCUT2D eigenvalue weighted by Gasteiger charge is -2.33. The number of benzene rings is 1. The van der Waals surface area contributed by atoms with E-state index in [1.54, 1.807) is 0 Å². The Balaban J connectivity index is 2.41. The number of hydrogen-bond donors (Lipinski definition) is 1. The Kier molecular flexibility index (Phi) is 3.80. The molecule has 0 aliphatic carbocycles. The minimum absolute atomic E-state index is 0.297. The molecule has 0 saturated heterocycles. The maximum atomic E-state index is 12.5. The van der Waals surface area contributed by atoms with Crippen LogP contribution in [0, 0.1) is 0 Å². The number of halogens is 3. The molecule has 1 aromatic carbocycles. The lowest BCUT2D eigenvalue weighted by molar-refractivity contribution is -0.187. The van der Waals surface area contributed by atoms with Gasteiger partial charge in [0.25, 0.3) is 0 Å². The van der Waals surface area contributed by atoms with Crippen LogP contribution in [0.2, 0.25) is 0 Å². The third kappa shape index (κ3) is 2.93. The number of carboxylic acid groups (broad SMARTS) is 1. The van der Waals surface area contributed by atoms with E-state index in [1.165, 1.54) is 25.3 Å². The van der Waals surface area contributed by atoms with Crippen LogP contribution in [0.1, 0.15) is 17.0 Å². The second-order valence-corrected chi connectivity index (χ2v) is 4.64. The van der Waals surface area contributed by atoms with Gasteiger partial charge in [-0.3, -0.25) is 9.59 Å². The van der Waals surface area contributed by atoms with Crippen LogP contribution in [-0.2, 0) is 16.1 Å². The number of carbonyl (C=O) groups excluding carboxylic acids is 1. The Bertz CT molecular complexity index is 585. The van der Waals surface area contributed by atoms with Crippen LogP contribution in [0.4, 0.5) is 13.2 Å². The minimum atomic E-state index is -5.03. The zero-order valence-corrected chi connectivity index (χ0v) is 11.0. The molecule has 1 amide bonds. The number of aliphatic carboxylic acids is 1. The average molecular weight is 303 g/mol. The molecule has 0 bridgehead atoms. The van der Waals surface area contributed by atoms with Crippen molar-refractivity contribution in [1.29, 1.82) is 0 Å². The van der Waals surface area contributed by atoms with Crippen LogP contribution < -0.4 is 4.74 Å². The second-order valence-electron chi connectivity index (χ2n) is 4.64. The molecular formula is C13H12F3NO4. The molecule has 0 spiro atoms. The molecule has 1 N–H and O–H groups in total. The number of methoxy groups -OCH3 is 1. The van der Waals surface area contributed by atoms with Gasteiger partial charge in [-0.1, -0.05) is 6.07 Å². The first kappa shape index (κ1) is 15.1. The van der Waals surface area contributed by atoms with Crippen LogP contribution in [0.25, 0.3) is 0 Å². The van der Waals surface area contributed by atoms with E-state index in [1.807, 2.05) is 0 Å². The molecule has 5 nitrogen and oxygen atoms in total. The number of nitrogens with zero attached hydrogens (tertiary/aromatic N) is 1. The molecule has 1 aliphatic heterocycles. The Hall–Kier alpha value is -2.25. The van der Waals surface area contributed by atoms with Gasteiger partial charge in [0.2, 0.25) is 0 Å². The zero-order chi connectivity index (χ0) is 15.8. The second kappa shape index (κ2) is 5.27. The van der Waals surface area contributed by atoms with E-state index in [9.17, 15) is 22.8 Å². The van der Waals surface area contributed by atoms with Crippen molar-refractivity contribution in [2.24, 2.45) is 0 Å². The summed E-state index contributed by atoms with van der Waals surface area (Å²) < 4.78 is 42.5. The number of fused-ring (bicyclic) bond motifs is 1. The van der Waals surface area contributed by atoms with Gasteiger partial charge >= 0.3 is 18.1 Å². The maximum absolute atomic E-state index is 12.5. The number of hydrogen-bond acceptors (Lipinski definition) is 3. The predicted octanol–water partition coefficient (Wildman–Crippen LogP) is 1.77. The first-order valence-corrected chi connectivity index (χ1v) is 5.99. The summed E-state index contributed by atoms with van der Waals surface area (Å²) in [6, 6.07) is 4.49. The highest BCUT2D eigenvalue weighted by Crippen LogP contribution is 2.33. The van der Waals surface area contributed by atoms with Crippen LogP contribution in [0.15, 0.2) is 18.2 Å². The van der Waals surface area contributed by atoms with Crippen molar-refractivity contribution in [1.82, 2.24) is 4.90 Å². The van der Waals surface area contributed by atoms with Crippen LogP contribution >= 0.6 is 0 Å². The van der Waals surface area contributed by atoms with E-state index in [2.05, 4.69) is 0 Å². The molecule has 1 aromatic rings. The van der Waals surface area contributed by atoms with Gasteiger partial charge in [0.05, 0.1) is 13.0 Å². The first-order valence-electron chi connectivity index (χ1n) is 5.99. The van der Waals surface area contributed by atoms with E-state index in [0.717, 1.165) is 0 Å². The quantitative estimate of drug-likeness (QED) is 0.904. The van der Waals surface area contributed by atoms with Gasteiger partial charge in [-0.15, -0.1) is 0 Å². The fourth-order valence-electron chi connectivity index (χ4n) is 2.32. The summed E-state index contributed by atoms with van der Waals surface area (Å²) in [5.74, 6) is -4.12. The Morgan fingerprint density at radius 2 is 2.05 bits per heavy atom. The van der Waals surface area contributed by atoms with E-state index in [4.69, 9.17) is 9.84 Å². The molecule has 1 unspecified atom stereocenters. The molecule has 8 heteroatoms. The van der Waals surface area contributed by atoms with Gasteiger partial charge in [-0.25, -0.2) is 0 Å². The minimum Gasteiger partial charge on any atom is -0.497 e. The van der Waals surface area contributed by atoms with Gasteiger partial charge in [0.15, 0.2) is 0 Å². The SMILES string of the molecule is COc1ccc2c(c1)CN(C(=O)C(F)(F)F)CC2C(=O)O. The average Bonchev–Trinajstić information content (AvgIpc) is 2.43. The smallest absolute Gasteiger partial charge is 0.471 e. The normalized spacial score (nSPS) is 18.1. The Labute approximate surface area is 117 Å². The standard InChI is InChI=1S/C13H12F3NO4/c1-21-8-2-3-9-7(4-8)5-17(6-10(9)11(18)19)12(20)13(14,15)16/h2-4,10H,5-6H2,1H3,(H,18,19). The van der Waals surface area contributed by atoms with Crippen molar-refractivity contribution in [2.75, 3.05) is 13.7 Å². The molecule has 1 atom stereocenters. The van der Waals surface area contributed by atoms with E-state index < -0.39 is 30.5 Å². The zero-order valence-electron chi connectivity index (χ0n) is 11.0. The van der Waals surface area contributed by atoms with Gasteiger partial charge in [-0.2, -0.15) is 13.2 Å². The van der Waals surface area contributed by atoms with Gasteiger partial charge in [0, 0.05) is 13.1 Å². The molecular weight excluding hydrogens is 291 g/mol. The van der Waals surface area contributed by atoms with Crippen LogP contribution in [0.3, 0.4) is 0 Å². The molecule has 1 aliphatic rings. The van der Waals surface area contributed by atoms with Crippen molar-refractivity contribution < 1.29 is 32.6 Å². The highest BCUT2D eigenvalue weighted by molar-refractivity contribution is 5.84. The highest BCUT2D eigenvalue weighted by Gasteiger charge is 2.45. The highest BCUT2D eigenvalue weighted by atomic mass is 19.4. The molecule has 0 aromatic heterocycles. The van der Waals surface area contributed by atoms with E-state index in [0.29, 0.717) is 21.8 Å². The Morgan fingerprint density at radius 3 is 2.57 bits per heavy atom. The molecule has 1 heterocycles. The molecule has 114 valence electrons. The predicted molar refractivity (Wildman–Crippen MR) is 64.8 cm³/mol. The Morgan fingerprint density at radius 1 is 1.38 bits per heavy atom. The summed E-state index contributed by atoms with van der Waals surface area (Å²) >= 11 is 0. The summed E-state index contributed by atoms with van der Waals surface area (Å²) in [5, 5.41) is 9.16. The number of carbonyl (C=O) groups is 2. The van der Waals surface area contributed by atoms with Crippen molar-refractivity contribution in [3.8, 4) is 5.75 Å². The maximum Gasteiger partial charge on any atom is 0.471 e. The number of amides is 1. The number of ether oxygens (including phenoxy) is 1. The van der Waals surface area contributed by atoms with Crippen molar-refractivity contribution in [3.05, 3.63) is 29.3 Å². The largest absolute Gasteiger partial charge is 0.497 e. The topological polar surface area (TPSA) is 66.8 Å². The lowest BCUT2D eigenvalue weighted by Crippen LogP contribution is -2.46. The summed E-state index contributed by atoms with van der Waals surface area (Å²) in [6.07, 6.45) is -5.03. The number of alkyl halides is 3. The molecule has 0 saturated carbocycles. The van der Waals surface area contributed by atoms with Crippen molar-refractivity contribution in [2.45, 2.75) is 18.6 Å². The van der Waals surface area contributed by atoms with Gasteiger partial charge in [-0.05, 0) is 23.3 Å².